The number of hydrogen-bond acceptors (Lipinski definition) is 4. The highest BCUT2D eigenvalue weighted by Gasteiger charge is 2.08. The third kappa shape index (κ3) is 6.24. The van der Waals surface area contributed by atoms with Gasteiger partial charge in [-0.1, -0.05) is 24.3 Å². The summed E-state index contributed by atoms with van der Waals surface area (Å²) in [6.45, 7) is 0.480. The Kier molecular flexibility index (Phi) is 7.48. The zero-order chi connectivity index (χ0) is 22.1. The summed E-state index contributed by atoms with van der Waals surface area (Å²) in [6, 6.07) is 21.2. The van der Waals surface area contributed by atoms with Crippen molar-refractivity contribution in [3.63, 3.8) is 0 Å². The molecule has 0 aliphatic heterocycles. The van der Waals surface area contributed by atoms with Crippen LogP contribution in [0.2, 0.25) is 0 Å². The Morgan fingerprint density at radius 3 is 2.06 bits per heavy atom. The van der Waals surface area contributed by atoms with E-state index in [0.717, 1.165) is 5.56 Å². The van der Waals surface area contributed by atoms with Crippen molar-refractivity contribution in [3.8, 4) is 11.5 Å². The van der Waals surface area contributed by atoms with Gasteiger partial charge in [-0.2, -0.15) is 0 Å². The molecule has 31 heavy (non-hydrogen) atoms. The largest absolute Gasteiger partial charge is 0.493 e. The number of para-hydroxylation sites is 1. The number of nitrogens with one attached hydrogen (secondary N) is 3. The first-order chi connectivity index (χ1) is 15.1. The maximum atomic E-state index is 12.4. The van der Waals surface area contributed by atoms with Gasteiger partial charge in [-0.25, -0.2) is 4.79 Å². The smallest absolute Gasteiger partial charge is 0.323 e. The molecule has 0 saturated heterocycles. The standard InChI is InChI=1S/C24H25N3O4/c1-30-21-13-8-17(16-22(21)31-2)14-15-25-23(28)18-9-11-20(12-10-18)27-24(29)26-19-6-4-3-5-7-19/h3-13,16H,14-15H2,1-2H3,(H,25,28)(H2,26,27,29). The Hall–Kier alpha value is -4.00. The lowest BCUT2D eigenvalue weighted by molar-refractivity contribution is 0.0954. The van der Waals surface area contributed by atoms with Crippen molar-refractivity contribution < 1.29 is 19.1 Å². The Balaban J connectivity index is 1.48. The van der Waals surface area contributed by atoms with Gasteiger partial charge in [0.2, 0.25) is 0 Å². The van der Waals surface area contributed by atoms with Crippen LogP contribution in [-0.4, -0.2) is 32.7 Å². The van der Waals surface area contributed by atoms with Crippen LogP contribution in [0.1, 0.15) is 15.9 Å². The molecule has 0 bridgehead atoms. The molecule has 0 saturated carbocycles. The monoisotopic (exact) mass is 419 g/mol. The van der Waals surface area contributed by atoms with E-state index in [0.29, 0.717) is 41.4 Å². The summed E-state index contributed by atoms with van der Waals surface area (Å²) >= 11 is 0. The Labute approximate surface area is 181 Å². The van der Waals surface area contributed by atoms with Crippen LogP contribution in [0.5, 0.6) is 11.5 Å². The molecule has 0 unspecified atom stereocenters. The fraction of sp³-hybridized carbons (Fsp3) is 0.167. The number of urea groups is 1. The Morgan fingerprint density at radius 1 is 0.774 bits per heavy atom. The molecule has 3 aromatic carbocycles. The highest BCUT2D eigenvalue weighted by molar-refractivity contribution is 6.00. The number of carbonyl (C=O) groups is 2. The molecular weight excluding hydrogens is 394 g/mol. The topological polar surface area (TPSA) is 88.7 Å². The van der Waals surface area contributed by atoms with Crippen molar-refractivity contribution in [2.24, 2.45) is 0 Å². The quantitative estimate of drug-likeness (QED) is 0.507. The van der Waals surface area contributed by atoms with Gasteiger partial charge in [0.25, 0.3) is 5.91 Å². The fourth-order valence-corrected chi connectivity index (χ4v) is 2.98. The second-order valence-corrected chi connectivity index (χ2v) is 6.72. The first kappa shape index (κ1) is 21.7. The maximum absolute atomic E-state index is 12.4. The summed E-state index contributed by atoms with van der Waals surface area (Å²) in [5.41, 5.74) is 2.84. The number of carbonyl (C=O) groups excluding carboxylic acids is 2. The van der Waals surface area contributed by atoms with E-state index in [4.69, 9.17) is 9.47 Å². The number of anilines is 2. The summed E-state index contributed by atoms with van der Waals surface area (Å²) < 4.78 is 10.5. The molecule has 0 spiro atoms. The maximum Gasteiger partial charge on any atom is 0.323 e. The summed E-state index contributed by atoms with van der Waals surface area (Å²) in [4.78, 5) is 24.4. The van der Waals surface area contributed by atoms with Gasteiger partial charge < -0.3 is 25.4 Å². The average molecular weight is 419 g/mol. The minimum Gasteiger partial charge on any atom is -0.493 e. The molecule has 0 atom stereocenters. The second kappa shape index (κ2) is 10.7. The van der Waals surface area contributed by atoms with Crippen molar-refractivity contribution in [2.45, 2.75) is 6.42 Å². The summed E-state index contributed by atoms with van der Waals surface area (Å²) in [5, 5.41) is 8.37. The SMILES string of the molecule is COc1ccc(CCNC(=O)c2ccc(NC(=O)Nc3ccccc3)cc2)cc1OC. The van der Waals surface area contributed by atoms with Gasteiger partial charge in [-0.15, -0.1) is 0 Å². The van der Waals surface area contributed by atoms with Gasteiger partial charge in [0, 0.05) is 23.5 Å². The molecule has 7 heteroatoms. The summed E-state index contributed by atoms with van der Waals surface area (Å²) in [5.74, 6) is 1.15. The van der Waals surface area contributed by atoms with Crippen LogP contribution >= 0.6 is 0 Å². The lowest BCUT2D eigenvalue weighted by Gasteiger charge is -2.10. The van der Waals surface area contributed by atoms with Gasteiger partial charge in [-0.05, 0) is 60.5 Å². The van der Waals surface area contributed by atoms with Crippen LogP contribution in [0, 0.1) is 0 Å². The van der Waals surface area contributed by atoms with Gasteiger partial charge >= 0.3 is 6.03 Å². The Bertz CT molecular complexity index is 1020. The molecule has 0 aromatic heterocycles. The number of rotatable bonds is 8. The molecule has 0 aliphatic rings. The highest BCUT2D eigenvalue weighted by atomic mass is 16.5. The first-order valence-electron chi connectivity index (χ1n) is 9.81. The van der Waals surface area contributed by atoms with E-state index < -0.39 is 0 Å². The van der Waals surface area contributed by atoms with E-state index in [1.54, 1.807) is 50.6 Å². The van der Waals surface area contributed by atoms with Crippen molar-refractivity contribution in [1.29, 1.82) is 0 Å². The highest BCUT2D eigenvalue weighted by Crippen LogP contribution is 2.27. The fourth-order valence-electron chi connectivity index (χ4n) is 2.98. The van der Waals surface area contributed by atoms with Gasteiger partial charge in [0.15, 0.2) is 11.5 Å². The molecule has 3 rings (SSSR count). The normalized spacial score (nSPS) is 10.1. The average Bonchev–Trinajstić information content (AvgIpc) is 2.80. The van der Waals surface area contributed by atoms with Crippen molar-refractivity contribution >= 4 is 23.3 Å². The lowest BCUT2D eigenvalue weighted by atomic mass is 10.1. The number of methoxy groups -OCH3 is 2. The van der Waals surface area contributed by atoms with Crippen LogP contribution in [0.4, 0.5) is 16.2 Å². The minimum absolute atomic E-state index is 0.180. The first-order valence-corrected chi connectivity index (χ1v) is 9.81. The van der Waals surface area contributed by atoms with E-state index in [-0.39, 0.29) is 11.9 Å². The van der Waals surface area contributed by atoms with Crippen LogP contribution in [-0.2, 0) is 6.42 Å². The summed E-state index contributed by atoms with van der Waals surface area (Å²) in [7, 11) is 3.18. The van der Waals surface area contributed by atoms with Crippen molar-refractivity contribution in [2.75, 3.05) is 31.4 Å². The molecule has 7 nitrogen and oxygen atoms in total. The van der Waals surface area contributed by atoms with Crippen molar-refractivity contribution in [1.82, 2.24) is 5.32 Å². The zero-order valence-electron chi connectivity index (χ0n) is 17.5. The number of hydrogen-bond donors (Lipinski definition) is 3. The number of ether oxygens (including phenoxy) is 2. The molecule has 0 aliphatic carbocycles. The number of benzene rings is 3. The predicted molar refractivity (Wildman–Crippen MR) is 121 cm³/mol. The van der Waals surface area contributed by atoms with Crippen LogP contribution < -0.4 is 25.4 Å². The van der Waals surface area contributed by atoms with E-state index in [1.165, 1.54) is 0 Å². The van der Waals surface area contributed by atoms with E-state index in [2.05, 4.69) is 16.0 Å². The van der Waals surface area contributed by atoms with E-state index >= 15 is 0 Å². The molecule has 3 aromatic rings. The van der Waals surface area contributed by atoms with Crippen LogP contribution in [0.25, 0.3) is 0 Å². The van der Waals surface area contributed by atoms with Crippen LogP contribution in [0.3, 0.4) is 0 Å². The lowest BCUT2D eigenvalue weighted by Crippen LogP contribution is -2.25. The molecule has 3 amide bonds. The zero-order valence-corrected chi connectivity index (χ0v) is 17.5. The van der Waals surface area contributed by atoms with Gasteiger partial charge in [0.05, 0.1) is 14.2 Å². The molecule has 3 N–H and O–H groups in total. The third-order valence-electron chi connectivity index (χ3n) is 4.58. The summed E-state index contributed by atoms with van der Waals surface area (Å²) in [6.07, 6.45) is 0.658. The minimum atomic E-state index is -0.349. The molecule has 0 fully saturated rings. The van der Waals surface area contributed by atoms with Gasteiger partial charge in [0.1, 0.15) is 0 Å². The second-order valence-electron chi connectivity index (χ2n) is 6.72. The molecule has 0 heterocycles. The van der Waals surface area contributed by atoms with E-state index in [9.17, 15) is 9.59 Å². The molecule has 160 valence electrons. The van der Waals surface area contributed by atoms with Crippen LogP contribution in [0.15, 0.2) is 72.8 Å². The number of amides is 3. The van der Waals surface area contributed by atoms with E-state index in [1.807, 2.05) is 36.4 Å². The third-order valence-corrected chi connectivity index (χ3v) is 4.58. The van der Waals surface area contributed by atoms with Crippen molar-refractivity contribution in [3.05, 3.63) is 83.9 Å². The van der Waals surface area contributed by atoms with Gasteiger partial charge in [-0.3, -0.25) is 4.79 Å². The molecule has 0 radical (unpaired) electrons. The molecular formula is C24H25N3O4. The Morgan fingerprint density at radius 2 is 1.42 bits per heavy atom. The predicted octanol–water partition coefficient (Wildman–Crippen LogP) is 4.32.